The van der Waals surface area contributed by atoms with Gasteiger partial charge in [-0.25, -0.2) is 4.79 Å². The molecule has 1 N–H and O–H groups in total. The number of carbonyl (C=O) groups is 4. The summed E-state index contributed by atoms with van der Waals surface area (Å²) in [7, 11) is 0. The number of aryl methyl sites for hydroxylation is 6. The van der Waals surface area contributed by atoms with Gasteiger partial charge in [0.2, 0.25) is 5.78 Å². The van der Waals surface area contributed by atoms with Crippen LogP contribution in [0.2, 0.25) is 0 Å². The fourth-order valence-electron chi connectivity index (χ4n) is 3.79. The molecule has 0 saturated carbocycles. The van der Waals surface area contributed by atoms with E-state index in [0.29, 0.717) is 24.0 Å². The van der Waals surface area contributed by atoms with Crippen molar-refractivity contribution in [3.8, 4) is 0 Å². The van der Waals surface area contributed by atoms with Gasteiger partial charge in [-0.15, -0.1) is 0 Å². The predicted molar refractivity (Wildman–Crippen MR) is 127 cm³/mol. The number of hydrogen-bond acceptors (Lipinski definition) is 4. The second-order valence-electron chi connectivity index (χ2n) is 7.57. The van der Waals surface area contributed by atoms with E-state index in [1.54, 1.807) is 0 Å². The first-order valence-corrected chi connectivity index (χ1v) is 11.2. The molecule has 0 unspecified atom stereocenters. The van der Waals surface area contributed by atoms with Gasteiger partial charge in [0, 0.05) is 11.1 Å². The molecule has 0 aliphatic carbocycles. The number of halogens is 1. The zero-order chi connectivity index (χ0) is 24.6. The Hall–Kier alpha value is -2.79. The second-order valence-corrected chi connectivity index (χ2v) is 7.91. The van der Waals surface area contributed by atoms with Crippen LogP contribution in [0.25, 0.3) is 0 Å². The van der Waals surface area contributed by atoms with E-state index in [9.17, 15) is 19.2 Å². The minimum atomic E-state index is -1.38. The average Bonchev–Trinajstić information content (AvgIpc) is 2.76. The molecule has 2 aromatic carbocycles. The molecule has 0 fully saturated rings. The molecule has 0 aromatic heterocycles. The molecule has 0 atom stereocenters. The minimum absolute atomic E-state index is 0.378. The van der Waals surface area contributed by atoms with Crippen molar-refractivity contribution in [2.24, 2.45) is 0 Å². The van der Waals surface area contributed by atoms with Gasteiger partial charge in [0.05, 0.1) is 0 Å². The van der Waals surface area contributed by atoms with E-state index in [-0.39, 0.29) is 0 Å². The molecule has 0 bridgehead atoms. The van der Waals surface area contributed by atoms with E-state index in [2.05, 4.69) is 0 Å². The molecule has 0 aliphatic rings. The van der Waals surface area contributed by atoms with Gasteiger partial charge >= 0.3 is 5.97 Å². The Bertz CT molecular complexity index is 903. The lowest BCUT2D eigenvalue weighted by atomic mass is 9.92. The Balaban J connectivity index is 0.000000320. The monoisotopic (exact) mass is 458 g/mol. The SMILES string of the molecule is CCc1cc(C)cc(CC)c1C(=O)C(=O)Cl.CCc1cc(C)cc(CC)c1C(=O)C(=O)O. The summed E-state index contributed by atoms with van der Waals surface area (Å²) in [5, 5.41) is 7.89. The number of hydrogen-bond donors (Lipinski definition) is 1. The number of benzene rings is 2. The fraction of sp³-hybridized carbons (Fsp3) is 0.385. The van der Waals surface area contributed by atoms with Crippen molar-refractivity contribution in [3.63, 3.8) is 0 Å². The molecular formula is C26H31ClO5. The van der Waals surface area contributed by atoms with Gasteiger partial charge in [0.1, 0.15) is 0 Å². The molecule has 0 spiro atoms. The highest BCUT2D eigenvalue weighted by molar-refractivity contribution is 6.83. The van der Waals surface area contributed by atoms with Gasteiger partial charge in [-0.3, -0.25) is 14.4 Å². The van der Waals surface area contributed by atoms with Gasteiger partial charge in [-0.05, 0) is 73.4 Å². The number of rotatable bonds is 8. The van der Waals surface area contributed by atoms with Gasteiger partial charge in [-0.1, -0.05) is 63.1 Å². The van der Waals surface area contributed by atoms with Crippen molar-refractivity contribution in [2.75, 3.05) is 0 Å². The average molecular weight is 459 g/mol. The molecule has 0 aliphatic heterocycles. The molecule has 6 heteroatoms. The molecule has 5 nitrogen and oxygen atoms in total. The molecule has 0 radical (unpaired) electrons. The lowest BCUT2D eigenvalue weighted by Crippen LogP contribution is -2.17. The summed E-state index contributed by atoms with van der Waals surface area (Å²) in [5.41, 5.74) is 6.49. The molecule has 2 aromatic rings. The third-order valence-electron chi connectivity index (χ3n) is 5.24. The maximum atomic E-state index is 11.7. The first kappa shape index (κ1) is 27.2. The van der Waals surface area contributed by atoms with Crippen LogP contribution in [0.5, 0.6) is 0 Å². The van der Waals surface area contributed by atoms with Gasteiger partial charge in [0.25, 0.3) is 11.0 Å². The van der Waals surface area contributed by atoms with E-state index in [1.165, 1.54) is 0 Å². The van der Waals surface area contributed by atoms with Crippen LogP contribution < -0.4 is 0 Å². The van der Waals surface area contributed by atoms with Gasteiger partial charge in [-0.2, -0.15) is 0 Å². The van der Waals surface area contributed by atoms with Gasteiger partial charge < -0.3 is 5.11 Å². The molecule has 0 saturated heterocycles. The van der Waals surface area contributed by atoms with Crippen LogP contribution >= 0.6 is 11.6 Å². The lowest BCUT2D eigenvalue weighted by Gasteiger charge is -2.11. The Morgan fingerprint density at radius 3 is 1.16 bits per heavy atom. The summed E-state index contributed by atoms with van der Waals surface area (Å²) >= 11 is 5.27. The van der Waals surface area contributed by atoms with Gasteiger partial charge in [0.15, 0.2) is 0 Å². The number of carboxylic acids is 1. The van der Waals surface area contributed by atoms with Crippen LogP contribution in [0.4, 0.5) is 0 Å². The number of ketones is 2. The van der Waals surface area contributed by atoms with Crippen molar-refractivity contribution < 1.29 is 24.3 Å². The molecule has 0 amide bonds. The highest BCUT2D eigenvalue weighted by Crippen LogP contribution is 2.21. The van der Waals surface area contributed by atoms with E-state index in [4.69, 9.17) is 16.7 Å². The first-order valence-electron chi connectivity index (χ1n) is 10.8. The highest BCUT2D eigenvalue weighted by Gasteiger charge is 2.22. The number of aliphatic carboxylic acids is 1. The van der Waals surface area contributed by atoms with Crippen molar-refractivity contribution in [3.05, 3.63) is 68.8 Å². The fourth-order valence-corrected chi connectivity index (χ4v) is 3.88. The third-order valence-corrected chi connectivity index (χ3v) is 5.41. The van der Waals surface area contributed by atoms with E-state index in [1.807, 2.05) is 65.8 Å². The zero-order valence-corrected chi connectivity index (χ0v) is 20.4. The standard InChI is InChI=1S/C13H15ClO2.C13H16O3/c1-4-9-6-8(3)7-10(5-2)11(9)12(15)13(14)16;1-4-9-6-8(3)7-10(5-2)11(9)12(14)13(15)16/h6-7H,4-5H2,1-3H3;6-7H,4-5H2,1-3H3,(H,15,16). The van der Waals surface area contributed by atoms with E-state index >= 15 is 0 Å². The Morgan fingerprint density at radius 1 is 0.656 bits per heavy atom. The van der Waals surface area contributed by atoms with Crippen LogP contribution in [0.15, 0.2) is 24.3 Å². The number of carboxylic acid groups (broad SMARTS) is 1. The lowest BCUT2D eigenvalue weighted by molar-refractivity contribution is -0.131. The van der Waals surface area contributed by atoms with Crippen molar-refractivity contribution >= 4 is 34.4 Å². The largest absolute Gasteiger partial charge is 0.475 e. The third kappa shape index (κ3) is 6.60. The zero-order valence-electron chi connectivity index (χ0n) is 19.6. The normalized spacial score (nSPS) is 10.2. The van der Waals surface area contributed by atoms with Crippen LogP contribution in [-0.4, -0.2) is 27.9 Å². The van der Waals surface area contributed by atoms with Crippen molar-refractivity contribution in [1.29, 1.82) is 0 Å². The van der Waals surface area contributed by atoms with Crippen LogP contribution in [0, 0.1) is 13.8 Å². The van der Waals surface area contributed by atoms with Crippen molar-refractivity contribution in [2.45, 2.75) is 67.2 Å². The summed E-state index contributed by atoms with van der Waals surface area (Å²) in [5.74, 6) is -2.77. The molecule has 0 heterocycles. The van der Waals surface area contributed by atoms with Crippen molar-refractivity contribution in [1.82, 2.24) is 0 Å². The Morgan fingerprint density at radius 2 is 0.938 bits per heavy atom. The molecule has 2 rings (SSSR count). The summed E-state index contributed by atoms with van der Waals surface area (Å²) < 4.78 is 0. The maximum Gasteiger partial charge on any atom is 0.377 e. The Labute approximate surface area is 194 Å². The smallest absolute Gasteiger partial charge is 0.377 e. The summed E-state index contributed by atoms with van der Waals surface area (Å²) in [6.45, 7) is 11.7. The topological polar surface area (TPSA) is 88.5 Å². The first-order chi connectivity index (χ1) is 15.0. The van der Waals surface area contributed by atoms with Crippen LogP contribution in [0.1, 0.15) is 81.8 Å². The molecule has 172 valence electrons. The summed E-state index contributed by atoms with van der Waals surface area (Å²) in [6.07, 6.45) is 2.78. The molecule has 32 heavy (non-hydrogen) atoms. The maximum absolute atomic E-state index is 11.7. The number of Topliss-reactive ketones (excluding diaryl/α,β-unsaturated/α-hetero) is 2. The minimum Gasteiger partial charge on any atom is -0.475 e. The van der Waals surface area contributed by atoms with E-state index in [0.717, 1.165) is 46.2 Å². The highest BCUT2D eigenvalue weighted by atomic mass is 35.5. The Kier molecular flexibility index (Phi) is 10.5. The molecular weight excluding hydrogens is 428 g/mol. The quantitative estimate of drug-likeness (QED) is 0.322. The van der Waals surface area contributed by atoms with E-state index < -0.39 is 22.8 Å². The number of carbonyl (C=O) groups excluding carboxylic acids is 3. The van der Waals surface area contributed by atoms with Crippen LogP contribution in [0.3, 0.4) is 0 Å². The van der Waals surface area contributed by atoms with Crippen LogP contribution in [-0.2, 0) is 35.3 Å². The summed E-state index contributed by atoms with van der Waals surface area (Å²) in [6, 6.07) is 7.64. The second kappa shape index (κ2) is 12.3. The predicted octanol–water partition coefficient (Wildman–Crippen LogP) is 5.46. The summed E-state index contributed by atoms with van der Waals surface area (Å²) in [4.78, 5) is 45.1.